The summed E-state index contributed by atoms with van der Waals surface area (Å²) in [6, 6.07) is 8.41. The minimum Gasteiger partial charge on any atom is -0.383 e. The SMILES string of the molecule is C[C@H]1/C=C/c2cnc(N)c3c(-c4ccc(C(=O)Nc5cc(C(F)(F)F)ccn5)cc4)nn(c23)[C@@H]2CCC[C@H](C2)NC(=O)CCCN1C. The van der Waals surface area contributed by atoms with Crippen LogP contribution in [0.2, 0.25) is 0 Å². The molecule has 2 aliphatic rings. The predicted octanol–water partition coefficient (Wildman–Crippen LogP) is 6.07. The van der Waals surface area contributed by atoms with Gasteiger partial charge in [0.25, 0.3) is 5.91 Å². The molecule has 2 bridgehead atoms. The molecule has 0 radical (unpaired) electrons. The number of likely N-dealkylation sites (N-methyl/N-ethyl adjacent to an activating group) is 1. The summed E-state index contributed by atoms with van der Waals surface area (Å²) in [7, 11) is 2.04. The highest BCUT2D eigenvalue weighted by Gasteiger charge is 2.31. The second-order valence-electron chi connectivity index (χ2n) is 12.3. The van der Waals surface area contributed by atoms with Crippen molar-refractivity contribution in [1.82, 2.24) is 30.0 Å². The monoisotopic (exact) mass is 646 g/mol. The number of fused-ring (bicyclic) bond motifs is 3. The van der Waals surface area contributed by atoms with Crippen LogP contribution in [0.25, 0.3) is 28.2 Å². The summed E-state index contributed by atoms with van der Waals surface area (Å²) in [5.74, 6) is -0.420. The maximum atomic E-state index is 13.1. The fourth-order valence-corrected chi connectivity index (χ4v) is 6.35. The van der Waals surface area contributed by atoms with Gasteiger partial charge in [0.15, 0.2) is 0 Å². The molecule has 3 atom stereocenters. The van der Waals surface area contributed by atoms with Gasteiger partial charge in [-0.3, -0.25) is 14.3 Å². The molecule has 1 aliphatic carbocycles. The zero-order valence-corrected chi connectivity index (χ0v) is 26.2. The highest BCUT2D eigenvalue weighted by atomic mass is 19.4. The van der Waals surface area contributed by atoms with Crippen molar-refractivity contribution >= 4 is 40.4 Å². The summed E-state index contributed by atoms with van der Waals surface area (Å²) >= 11 is 0. The first-order chi connectivity index (χ1) is 22.5. The van der Waals surface area contributed by atoms with E-state index in [1.54, 1.807) is 30.5 Å². The zero-order chi connectivity index (χ0) is 33.3. The Morgan fingerprint density at radius 2 is 1.89 bits per heavy atom. The van der Waals surface area contributed by atoms with Crippen LogP contribution >= 0.6 is 0 Å². The highest BCUT2D eigenvalue weighted by Crippen LogP contribution is 2.39. The number of pyridine rings is 2. The lowest BCUT2D eigenvalue weighted by Crippen LogP contribution is -2.39. The number of rotatable bonds is 3. The van der Waals surface area contributed by atoms with E-state index in [4.69, 9.17) is 10.8 Å². The maximum Gasteiger partial charge on any atom is 0.416 e. The second kappa shape index (κ2) is 13.1. The molecule has 4 aromatic rings. The van der Waals surface area contributed by atoms with Crippen LogP contribution in [0.15, 0.2) is 54.9 Å². The molecular weight excluding hydrogens is 609 g/mol. The van der Waals surface area contributed by atoms with Gasteiger partial charge in [0.05, 0.1) is 22.5 Å². The van der Waals surface area contributed by atoms with Crippen LogP contribution in [-0.4, -0.2) is 62.1 Å². The number of nitrogens with zero attached hydrogens (tertiary/aromatic N) is 5. The van der Waals surface area contributed by atoms with E-state index in [0.29, 0.717) is 28.9 Å². The van der Waals surface area contributed by atoms with Gasteiger partial charge in [-0.15, -0.1) is 0 Å². The summed E-state index contributed by atoms with van der Waals surface area (Å²) < 4.78 is 41.4. The lowest BCUT2D eigenvalue weighted by atomic mass is 9.90. The summed E-state index contributed by atoms with van der Waals surface area (Å²) in [4.78, 5) is 36.3. The summed E-state index contributed by atoms with van der Waals surface area (Å²) in [5, 5.41) is 11.5. The number of nitrogens with one attached hydrogen (secondary N) is 2. The summed E-state index contributed by atoms with van der Waals surface area (Å²) in [5.41, 5.74) is 8.88. The van der Waals surface area contributed by atoms with Crippen molar-refractivity contribution in [3.63, 3.8) is 0 Å². The van der Waals surface area contributed by atoms with Gasteiger partial charge in [-0.1, -0.05) is 24.3 Å². The van der Waals surface area contributed by atoms with E-state index in [9.17, 15) is 22.8 Å². The minimum atomic E-state index is -4.56. The third-order valence-corrected chi connectivity index (χ3v) is 9.05. The van der Waals surface area contributed by atoms with Crippen molar-refractivity contribution in [3.05, 3.63) is 71.6 Å². The average molecular weight is 647 g/mol. The smallest absolute Gasteiger partial charge is 0.383 e. The molecule has 0 saturated heterocycles. The van der Waals surface area contributed by atoms with E-state index in [0.717, 1.165) is 68.1 Å². The van der Waals surface area contributed by atoms with E-state index in [-0.39, 0.29) is 35.4 Å². The summed E-state index contributed by atoms with van der Waals surface area (Å²) in [6.07, 6.45) is 7.07. The number of amides is 2. The number of alkyl halides is 3. The van der Waals surface area contributed by atoms with E-state index >= 15 is 0 Å². The van der Waals surface area contributed by atoms with Crippen molar-refractivity contribution in [2.75, 3.05) is 24.6 Å². The maximum absolute atomic E-state index is 13.1. The van der Waals surface area contributed by atoms with E-state index < -0.39 is 17.6 Å². The zero-order valence-electron chi connectivity index (χ0n) is 26.2. The molecule has 1 aromatic carbocycles. The number of nitrogen functional groups attached to an aromatic ring is 1. The quantitative estimate of drug-likeness (QED) is 0.246. The van der Waals surface area contributed by atoms with Gasteiger partial charge in [-0.25, -0.2) is 9.97 Å². The lowest BCUT2D eigenvalue weighted by molar-refractivity contribution is -0.137. The molecule has 1 fully saturated rings. The standard InChI is InChI=1S/C34H37F3N8O2/c1-20-8-9-23-19-40-32(38)29-30(21-10-12-22(13-11-21)33(47)42-27-17-24(14-15-39-27)34(35,36)37)43-45(31(23)29)26-6-3-5-25(18-26)41-28(46)7-4-16-44(20)2/h8-15,17,19-20,25-26H,3-7,16,18H2,1-2H3,(H2,38,40)(H,41,46)(H,39,42,47)/b9-8+/t20-,25+,26+/m0/s1. The van der Waals surface area contributed by atoms with Gasteiger partial charge < -0.3 is 21.3 Å². The molecule has 13 heteroatoms. The first-order valence-electron chi connectivity index (χ1n) is 15.8. The first kappa shape index (κ1) is 32.2. The van der Waals surface area contributed by atoms with E-state index in [2.05, 4.69) is 44.6 Å². The van der Waals surface area contributed by atoms with Crippen LogP contribution < -0.4 is 16.4 Å². The Bertz CT molecular complexity index is 1820. The number of carbonyl (C=O) groups excluding carboxylic acids is 2. The largest absolute Gasteiger partial charge is 0.416 e. The molecule has 0 unspecified atom stereocenters. The Hall–Kier alpha value is -4.78. The Balaban J connectivity index is 1.38. The molecule has 4 N–H and O–H groups in total. The first-order valence-corrected chi connectivity index (χ1v) is 15.8. The number of carbonyl (C=O) groups is 2. The Morgan fingerprint density at radius 1 is 1.11 bits per heavy atom. The Labute approximate surface area is 270 Å². The molecule has 1 saturated carbocycles. The molecule has 246 valence electrons. The molecule has 0 spiro atoms. The van der Waals surface area contributed by atoms with Crippen molar-refractivity contribution in [3.8, 4) is 11.3 Å². The van der Waals surface area contributed by atoms with Gasteiger partial charge in [0.1, 0.15) is 17.3 Å². The van der Waals surface area contributed by atoms with Crippen LogP contribution in [0, 0.1) is 0 Å². The highest BCUT2D eigenvalue weighted by molar-refractivity contribution is 6.06. The van der Waals surface area contributed by atoms with Crippen LogP contribution in [0.4, 0.5) is 24.8 Å². The van der Waals surface area contributed by atoms with Crippen LogP contribution in [0.5, 0.6) is 0 Å². The van der Waals surface area contributed by atoms with Gasteiger partial charge in [0.2, 0.25) is 5.91 Å². The van der Waals surface area contributed by atoms with Crippen molar-refractivity contribution < 1.29 is 22.8 Å². The van der Waals surface area contributed by atoms with E-state index in [1.807, 2.05) is 11.7 Å². The van der Waals surface area contributed by atoms with Crippen LogP contribution in [-0.2, 0) is 11.0 Å². The van der Waals surface area contributed by atoms with Gasteiger partial charge in [-0.05, 0) is 76.9 Å². The molecule has 10 nitrogen and oxygen atoms in total. The Kier molecular flexibility index (Phi) is 9.00. The second-order valence-corrected chi connectivity index (χ2v) is 12.3. The lowest BCUT2D eigenvalue weighted by Gasteiger charge is -2.30. The molecule has 2 amide bonds. The van der Waals surface area contributed by atoms with Crippen molar-refractivity contribution in [2.45, 2.75) is 69.8 Å². The van der Waals surface area contributed by atoms with E-state index in [1.165, 1.54) is 0 Å². The predicted molar refractivity (Wildman–Crippen MR) is 174 cm³/mol. The molecule has 3 aromatic heterocycles. The number of hydrogen-bond acceptors (Lipinski definition) is 7. The number of anilines is 2. The molecule has 47 heavy (non-hydrogen) atoms. The van der Waals surface area contributed by atoms with Crippen LogP contribution in [0.1, 0.15) is 73.0 Å². The third kappa shape index (κ3) is 6.99. The average Bonchev–Trinajstić information content (AvgIpc) is 3.46. The minimum absolute atomic E-state index is 0.00879. The Morgan fingerprint density at radius 3 is 2.66 bits per heavy atom. The number of benzene rings is 1. The van der Waals surface area contributed by atoms with Gasteiger partial charge in [0, 0.05) is 47.6 Å². The fraction of sp³-hybridized carbons (Fsp3) is 0.382. The fourth-order valence-electron chi connectivity index (χ4n) is 6.35. The number of nitrogens with two attached hydrogens (primary N) is 1. The third-order valence-electron chi connectivity index (χ3n) is 9.05. The number of halogens is 3. The van der Waals surface area contributed by atoms with Gasteiger partial charge >= 0.3 is 6.18 Å². The molecule has 6 rings (SSSR count). The normalized spacial score (nSPS) is 21.8. The van der Waals surface area contributed by atoms with Crippen molar-refractivity contribution in [2.24, 2.45) is 0 Å². The number of hydrogen-bond donors (Lipinski definition) is 3. The van der Waals surface area contributed by atoms with Crippen LogP contribution in [0.3, 0.4) is 0 Å². The number of aromatic nitrogens is 4. The summed E-state index contributed by atoms with van der Waals surface area (Å²) in [6.45, 7) is 2.89. The molecular formula is C34H37F3N8O2. The van der Waals surface area contributed by atoms with Crippen molar-refractivity contribution in [1.29, 1.82) is 0 Å². The van der Waals surface area contributed by atoms with Gasteiger partial charge in [-0.2, -0.15) is 18.3 Å². The molecule has 1 aliphatic heterocycles. The molecule has 4 heterocycles. The topological polar surface area (TPSA) is 131 Å².